The van der Waals surface area contributed by atoms with Crippen molar-refractivity contribution in [1.82, 2.24) is 10.2 Å². The maximum atomic E-state index is 12.1. The van der Waals surface area contributed by atoms with Gasteiger partial charge in [0.15, 0.2) is 0 Å². The quantitative estimate of drug-likeness (QED) is 0.816. The van der Waals surface area contributed by atoms with Crippen molar-refractivity contribution in [2.75, 3.05) is 26.2 Å². The van der Waals surface area contributed by atoms with Crippen molar-refractivity contribution in [2.45, 2.75) is 25.8 Å². The van der Waals surface area contributed by atoms with Gasteiger partial charge in [-0.3, -0.25) is 9.69 Å². The zero-order chi connectivity index (χ0) is 14.4. The van der Waals surface area contributed by atoms with E-state index in [0.717, 1.165) is 25.9 Å². The number of benzene rings is 1. The van der Waals surface area contributed by atoms with Crippen LogP contribution in [0.15, 0.2) is 30.3 Å². The highest BCUT2D eigenvalue weighted by Gasteiger charge is 2.28. The molecule has 20 heavy (non-hydrogen) atoms. The van der Waals surface area contributed by atoms with E-state index in [-0.39, 0.29) is 18.6 Å². The first-order valence-electron chi connectivity index (χ1n) is 7.37. The molecule has 1 heterocycles. The van der Waals surface area contributed by atoms with Crippen LogP contribution in [0.2, 0.25) is 0 Å². The number of carbonyl (C=O) groups is 1. The first-order chi connectivity index (χ1) is 9.70. The van der Waals surface area contributed by atoms with Crippen LogP contribution in [0.25, 0.3) is 0 Å². The van der Waals surface area contributed by atoms with Gasteiger partial charge in [-0.15, -0.1) is 0 Å². The number of rotatable bonds is 6. The molecular formula is C16H24N2O2. The van der Waals surface area contributed by atoms with Crippen LogP contribution in [0, 0.1) is 5.92 Å². The van der Waals surface area contributed by atoms with Crippen molar-refractivity contribution >= 4 is 5.91 Å². The molecule has 1 aromatic rings. The molecule has 0 bridgehead atoms. The van der Waals surface area contributed by atoms with Crippen molar-refractivity contribution < 1.29 is 9.90 Å². The molecule has 0 aliphatic carbocycles. The minimum absolute atomic E-state index is 0.0829. The topological polar surface area (TPSA) is 52.6 Å². The molecule has 2 N–H and O–H groups in total. The molecule has 0 spiro atoms. The Morgan fingerprint density at radius 3 is 2.85 bits per heavy atom. The lowest BCUT2D eigenvalue weighted by Crippen LogP contribution is -2.44. The van der Waals surface area contributed by atoms with E-state index in [1.165, 1.54) is 5.56 Å². The number of amides is 1. The molecule has 2 atom stereocenters. The van der Waals surface area contributed by atoms with E-state index in [9.17, 15) is 4.79 Å². The van der Waals surface area contributed by atoms with Crippen molar-refractivity contribution in [3.05, 3.63) is 35.9 Å². The predicted octanol–water partition coefficient (Wildman–Crippen LogP) is 1.05. The summed E-state index contributed by atoms with van der Waals surface area (Å²) in [6.45, 7) is 4.56. The Kier molecular flexibility index (Phi) is 5.56. The molecule has 1 fully saturated rings. The van der Waals surface area contributed by atoms with Gasteiger partial charge >= 0.3 is 0 Å². The first kappa shape index (κ1) is 15.0. The highest BCUT2D eigenvalue weighted by molar-refractivity contribution is 5.81. The van der Waals surface area contributed by atoms with Gasteiger partial charge in [0, 0.05) is 19.7 Å². The van der Waals surface area contributed by atoms with Crippen molar-refractivity contribution in [1.29, 1.82) is 0 Å². The summed E-state index contributed by atoms with van der Waals surface area (Å²) in [7, 11) is 0. The molecule has 0 aromatic heterocycles. The molecular weight excluding hydrogens is 252 g/mol. The normalized spacial score (nSPS) is 20.8. The number of nitrogens with zero attached hydrogens (tertiary/aromatic N) is 1. The average molecular weight is 276 g/mol. The van der Waals surface area contributed by atoms with Gasteiger partial charge < -0.3 is 10.4 Å². The van der Waals surface area contributed by atoms with Crippen LogP contribution in [0.1, 0.15) is 18.9 Å². The Morgan fingerprint density at radius 2 is 2.20 bits per heavy atom. The summed E-state index contributed by atoms with van der Waals surface area (Å²) in [5.41, 5.74) is 1.24. The van der Waals surface area contributed by atoms with Gasteiger partial charge in [0.25, 0.3) is 0 Å². The van der Waals surface area contributed by atoms with E-state index >= 15 is 0 Å². The van der Waals surface area contributed by atoms with Gasteiger partial charge in [0.1, 0.15) is 0 Å². The van der Waals surface area contributed by atoms with Crippen LogP contribution in [0.4, 0.5) is 0 Å². The molecule has 1 saturated heterocycles. The lowest BCUT2D eigenvalue weighted by molar-refractivity contribution is -0.125. The maximum absolute atomic E-state index is 12.1. The Morgan fingerprint density at radius 1 is 1.45 bits per heavy atom. The predicted molar refractivity (Wildman–Crippen MR) is 79.4 cm³/mol. The van der Waals surface area contributed by atoms with Gasteiger partial charge in [-0.2, -0.15) is 0 Å². The number of likely N-dealkylation sites (tertiary alicyclic amines) is 1. The standard InChI is InChI=1S/C16H24N2O2/c1-13(18-10-8-15(11-18)12-19)16(20)17-9-7-14-5-3-2-4-6-14/h2-6,13,15,19H,7-12H2,1H3,(H,17,20). The smallest absolute Gasteiger partial charge is 0.237 e. The summed E-state index contributed by atoms with van der Waals surface area (Å²) in [5, 5.41) is 12.1. The van der Waals surface area contributed by atoms with E-state index in [4.69, 9.17) is 5.11 Å². The van der Waals surface area contributed by atoms with Crippen molar-refractivity contribution in [3.63, 3.8) is 0 Å². The van der Waals surface area contributed by atoms with Crippen LogP contribution >= 0.6 is 0 Å². The van der Waals surface area contributed by atoms with Crippen LogP contribution in [-0.4, -0.2) is 48.2 Å². The van der Waals surface area contributed by atoms with Crippen LogP contribution in [0.5, 0.6) is 0 Å². The van der Waals surface area contributed by atoms with Crippen molar-refractivity contribution in [3.8, 4) is 0 Å². The SMILES string of the molecule is CC(C(=O)NCCc1ccccc1)N1CCC(CO)C1. The van der Waals surface area contributed by atoms with E-state index in [1.807, 2.05) is 25.1 Å². The fourth-order valence-electron chi connectivity index (χ4n) is 2.65. The fourth-order valence-corrected chi connectivity index (χ4v) is 2.65. The Hall–Kier alpha value is -1.39. The van der Waals surface area contributed by atoms with E-state index in [0.29, 0.717) is 12.5 Å². The Bertz CT molecular complexity index is 422. The molecule has 4 heteroatoms. The second-order valence-electron chi connectivity index (χ2n) is 5.53. The van der Waals surface area contributed by atoms with E-state index in [2.05, 4.69) is 22.3 Å². The molecule has 1 aromatic carbocycles. The largest absolute Gasteiger partial charge is 0.396 e. The summed E-state index contributed by atoms with van der Waals surface area (Å²) in [5.74, 6) is 0.411. The lowest BCUT2D eigenvalue weighted by atomic mass is 10.1. The maximum Gasteiger partial charge on any atom is 0.237 e. The Balaban J connectivity index is 1.72. The van der Waals surface area contributed by atoms with E-state index in [1.54, 1.807) is 0 Å². The monoisotopic (exact) mass is 276 g/mol. The fraction of sp³-hybridized carbons (Fsp3) is 0.562. The molecule has 0 radical (unpaired) electrons. The zero-order valence-electron chi connectivity index (χ0n) is 12.1. The van der Waals surface area contributed by atoms with Gasteiger partial charge in [-0.1, -0.05) is 30.3 Å². The molecule has 4 nitrogen and oxygen atoms in total. The molecule has 0 saturated carbocycles. The summed E-state index contributed by atoms with van der Waals surface area (Å²) >= 11 is 0. The third-order valence-corrected chi connectivity index (χ3v) is 4.06. The number of hydrogen-bond donors (Lipinski definition) is 2. The number of nitrogens with one attached hydrogen (secondary N) is 1. The third-order valence-electron chi connectivity index (χ3n) is 4.06. The highest BCUT2D eigenvalue weighted by Crippen LogP contribution is 2.17. The second kappa shape index (κ2) is 7.41. The van der Waals surface area contributed by atoms with Crippen LogP contribution < -0.4 is 5.32 Å². The second-order valence-corrected chi connectivity index (χ2v) is 5.53. The molecule has 2 unspecified atom stereocenters. The molecule has 1 amide bonds. The number of hydrogen-bond acceptors (Lipinski definition) is 3. The summed E-state index contributed by atoms with van der Waals surface area (Å²) < 4.78 is 0. The minimum Gasteiger partial charge on any atom is -0.396 e. The van der Waals surface area contributed by atoms with Gasteiger partial charge in [0.05, 0.1) is 6.04 Å². The summed E-state index contributed by atoms with van der Waals surface area (Å²) in [6, 6.07) is 10.1. The zero-order valence-corrected chi connectivity index (χ0v) is 12.1. The average Bonchev–Trinajstić information content (AvgIpc) is 2.96. The number of carbonyl (C=O) groups excluding carboxylic acids is 1. The highest BCUT2D eigenvalue weighted by atomic mass is 16.3. The Labute approximate surface area is 120 Å². The molecule has 1 aliphatic heterocycles. The van der Waals surface area contributed by atoms with E-state index < -0.39 is 0 Å². The summed E-state index contributed by atoms with van der Waals surface area (Å²) in [6.07, 6.45) is 1.84. The first-order valence-corrected chi connectivity index (χ1v) is 7.37. The van der Waals surface area contributed by atoms with Crippen LogP contribution in [-0.2, 0) is 11.2 Å². The van der Waals surface area contributed by atoms with Gasteiger partial charge in [-0.25, -0.2) is 0 Å². The van der Waals surface area contributed by atoms with Crippen LogP contribution in [0.3, 0.4) is 0 Å². The minimum atomic E-state index is -0.109. The number of aliphatic hydroxyl groups is 1. The lowest BCUT2D eigenvalue weighted by Gasteiger charge is -2.23. The summed E-state index contributed by atoms with van der Waals surface area (Å²) in [4.78, 5) is 14.3. The number of aliphatic hydroxyl groups excluding tert-OH is 1. The van der Waals surface area contributed by atoms with Crippen molar-refractivity contribution in [2.24, 2.45) is 5.92 Å². The van der Waals surface area contributed by atoms with Gasteiger partial charge in [0.2, 0.25) is 5.91 Å². The molecule has 2 rings (SSSR count). The molecule has 110 valence electrons. The van der Waals surface area contributed by atoms with Gasteiger partial charge in [-0.05, 0) is 37.8 Å². The molecule has 1 aliphatic rings. The third kappa shape index (κ3) is 4.05.